The number of carbonyl (C=O) groups excluding carboxylic acids is 2. The highest BCUT2D eigenvalue weighted by atomic mass is 16.6. The average molecular weight is 603 g/mol. The highest BCUT2D eigenvalue weighted by molar-refractivity contribution is 5.81. The van der Waals surface area contributed by atoms with Crippen molar-refractivity contribution in [2.45, 2.75) is 89.4 Å². The number of anilines is 2. The Bertz CT molecular complexity index is 1300. The summed E-state index contributed by atoms with van der Waals surface area (Å²) in [6, 6.07) is 11.1. The van der Waals surface area contributed by atoms with Crippen LogP contribution in [0.1, 0.15) is 77.0 Å². The first-order chi connectivity index (χ1) is 21.6. The maximum absolute atomic E-state index is 12.7. The van der Waals surface area contributed by atoms with Crippen molar-refractivity contribution in [2.24, 2.45) is 0 Å². The zero-order valence-electron chi connectivity index (χ0n) is 25.7. The lowest BCUT2D eigenvalue weighted by Gasteiger charge is -2.28. The van der Waals surface area contributed by atoms with Gasteiger partial charge in [-0.3, -0.25) is 9.80 Å². The van der Waals surface area contributed by atoms with Gasteiger partial charge in [-0.2, -0.15) is 0 Å². The zero-order chi connectivity index (χ0) is 30.5. The molecule has 0 aliphatic carbocycles. The lowest BCUT2D eigenvalue weighted by molar-refractivity contribution is 0.160. The van der Waals surface area contributed by atoms with Gasteiger partial charge < -0.3 is 28.7 Å². The molecule has 234 valence electrons. The molecule has 10 nitrogen and oxygen atoms in total. The number of rotatable bonds is 15. The molecule has 2 aromatic rings. The van der Waals surface area contributed by atoms with Gasteiger partial charge in [-0.15, -0.1) is 0 Å². The Balaban J connectivity index is 0.852. The van der Waals surface area contributed by atoms with E-state index in [1.807, 2.05) is 49.1 Å². The molecule has 4 heterocycles. The number of fused-ring (bicyclic) bond motifs is 8. The number of ether oxygens (including phenoxy) is 4. The maximum atomic E-state index is 12.7. The number of hydrogen-bond donors (Lipinski definition) is 0. The highest BCUT2D eigenvalue weighted by Gasteiger charge is 2.38. The second kappa shape index (κ2) is 13.5. The van der Waals surface area contributed by atoms with Crippen LogP contribution in [-0.2, 0) is 0 Å². The molecule has 0 radical (unpaired) electrons. The number of hydrogen-bond acceptors (Lipinski definition) is 8. The molecule has 10 heteroatoms. The molecule has 6 rings (SSSR count). The summed E-state index contributed by atoms with van der Waals surface area (Å²) in [5.74, 6) is 2.61. The van der Waals surface area contributed by atoms with Gasteiger partial charge in [0.2, 0.25) is 0 Å². The number of benzene rings is 2. The number of nitrogens with zero attached hydrogens (tertiary/aromatic N) is 4. The third-order valence-electron chi connectivity index (χ3n) is 8.94. The summed E-state index contributed by atoms with van der Waals surface area (Å²) in [6.07, 6.45) is 20.3. The molecule has 44 heavy (non-hydrogen) atoms. The SMILES string of the molecule is COc1ccc2c(c1)N1C=CN(C(=O)O2)C1CCCCCCCCCCCCC1N2C=CN1c1cc(OC)ccc1OC2=O. The maximum Gasteiger partial charge on any atom is 0.421 e. The van der Waals surface area contributed by atoms with E-state index in [1.165, 1.54) is 38.5 Å². The van der Waals surface area contributed by atoms with Gasteiger partial charge in [0.05, 0.1) is 25.6 Å². The summed E-state index contributed by atoms with van der Waals surface area (Å²) < 4.78 is 22.0. The smallest absolute Gasteiger partial charge is 0.421 e. The Hall–Kier alpha value is -4.34. The highest BCUT2D eigenvalue weighted by Crippen LogP contribution is 2.42. The number of amides is 2. The van der Waals surface area contributed by atoms with Gasteiger partial charge in [-0.25, -0.2) is 9.59 Å². The van der Waals surface area contributed by atoms with E-state index in [2.05, 4.69) is 9.80 Å². The van der Waals surface area contributed by atoms with Crippen LogP contribution in [0.4, 0.5) is 21.0 Å². The van der Waals surface area contributed by atoms with Crippen LogP contribution in [0.5, 0.6) is 23.0 Å². The van der Waals surface area contributed by atoms with Crippen LogP contribution >= 0.6 is 0 Å². The van der Waals surface area contributed by atoms with Crippen molar-refractivity contribution in [3.05, 3.63) is 61.2 Å². The minimum atomic E-state index is -0.334. The third kappa shape index (κ3) is 6.16. The van der Waals surface area contributed by atoms with Crippen LogP contribution in [0.3, 0.4) is 0 Å². The number of unbranched alkanes of at least 4 members (excludes halogenated alkanes) is 9. The lowest BCUT2D eigenvalue weighted by atomic mass is 10.0. The first kappa shape index (κ1) is 29.7. The molecule has 0 saturated heterocycles. The predicted molar refractivity (Wildman–Crippen MR) is 168 cm³/mol. The summed E-state index contributed by atoms with van der Waals surface area (Å²) >= 11 is 0. The van der Waals surface area contributed by atoms with Crippen molar-refractivity contribution in [1.29, 1.82) is 0 Å². The molecule has 0 N–H and O–H groups in total. The summed E-state index contributed by atoms with van der Waals surface area (Å²) in [4.78, 5) is 33.0. The van der Waals surface area contributed by atoms with Crippen LogP contribution in [0, 0.1) is 0 Å². The summed E-state index contributed by atoms with van der Waals surface area (Å²) in [5, 5.41) is 0. The van der Waals surface area contributed by atoms with Crippen LogP contribution in [-0.4, -0.2) is 48.5 Å². The van der Waals surface area contributed by atoms with Crippen molar-refractivity contribution in [1.82, 2.24) is 9.80 Å². The van der Waals surface area contributed by atoms with E-state index in [-0.39, 0.29) is 24.5 Å². The molecule has 4 aliphatic heterocycles. The molecule has 0 saturated carbocycles. The third-order valence-corrected chi connectivity index (χ3v) is 8.94. The Morgan fingerprint density at radius 1 is 0.545 bits per heavy atom. The van der Waals surface area contributed by atoms with E-state index in [1.54, 1.807) is 36.2 Å². The molecule has 4 aliphatic rings. The van der Waals surface area contributed by atoms with Crippen molar-refractivity contribution < 1.29 is 28.5 Å². The molecule has 0 aromatic heterocycles. The summed E-state index contributed by atoms with van der Waals surface area (Å²) in [6.45, 7) is 0. The lowest BCUT2D eigenvalue weighted by Crippen LogP contribution is -2.40. The second-order valence-electron chi connectivity index (χ2n) is 11.7. The van der Waals surface area contributed by atoms with Gasteiger partial charge >= 0.3 is 12.2 Å². The molecular weight excluding hydrogens is 560 g/mol. The molecular formula is C34H42N4O6. The molecule has 2 unspecified atom stereocenters. The zero-order valence-corrected chi connectivity index (χ0v) is 25.7. The van der Waals surface area contributed by atoms with Crippen LogP contribution in [0.25, 0.3) is 0 Å². The fourth-order valence-electron chi connectivity index (χ4n) is 6.54. The summed E-state index contributed by atoms with van der Waals surface area (Å²) in [5.41, 5.74) is 1.72. The number of carbonyl (C=O) groups is 2. The van der Waals surface area contributed by atoms with Gasteiger partial charge in [0.25, 0.3) is 0 Å². The Labute approximate surface area is 259 Å². The monoisotopic (exact) mass is 602 g/mol. The van der Waals surface area contributed by atoms with Gasteiger partial charge in [0.1, 0.15) is 23.8 Å². The van der Waals surface area contributed by atoms with Gasteiger partial charge in [-0.05, 0) is 49.9 Å². The van der Waals surface area contributed by atoms with Crippen LogP contribution < -0.4 is 28.7 Å². The van der Waals surface area contributed by atoms with Crippen molar-refractivity contribution in [2.75, 3.05) is 24.0 Å². The van der Waals surface area contributed by atoms with Crippen LogP contribution in [0.2, 0.25) is 0 Å². The normalized spacial score (nSPS) is 19.4. The Kier molecular flexibility index (Phi) is 9.14. The molecule has 4 bridgehead atoms. The van der Waals surface area contributed by atoms with E-state index in [4.69, 9.17) is 18.9 Å². The minimum Gasteiger partial charge on any atom is -0.497 e. The van der Waals surface area contributed by atoms with Gasteiger partial charge in [0.15, 0.2) is 11.5 Å². The number of methoxy groups -OCH3 is 2. The largest absolute Gasteiger partial charge is 0.497 e. The van der Waals surface area contributed by atoms with E-state index in [0.29, 0.717) is 11.5 Å². The molecule has 2 amide bonds. The van der Waals surface area contributed by atoms with E-state index < -0.39 is 0 Å². The molecule has 2 atom stereocenters. The minimum absolute atomic E-state index is 0.0587. The summed E-state index contributed by atoms with van der Waals surface area (Å²) in [7, 11) is 3.28. The molecule has 2 aromatic carbocycles. The van der Waals surface area contributed by atoms with Gasteiger partial charge in [0, 0.05) is 36.9 Å². The second-order valence-corrected chi connectivity index (χ2v) is 11.7. The standard InChI is InChI=1S/C34H42N4O6/c1-41-25-15-17-29-27(23-25)35-19-21-37(33(39)43-29)31(35)13-11-9-7-5-3-4-6-8-10-12-14-32-36-20-22-38(32)34(40)44-30-18-16-26(42-2)24-28(30)36/h15-24,31-32H,3-14H2,1-2H3. The predicted octanol–water partition coefficient (Wildman–Crippen LogP) is 7.95. The average Bonchev–Trinajstić information content (AvgIpc) is 3.60. The van der Waals surface area contributed by atoms with E-state index in [0.717, 1.165) is 61.4 Å². The van der Waals surface area contributed by atoms with Crippen molar-refractivity contribution in [3.63, 3.8) is 0 Å². The Morgan fingerprint density at radius 3 is 1.30 bits per heavy atom. The van der Waals surface area contributed by atoms with E-state index >= 15 is 0 Å². The van der Waals surface area contributed by atoms with Crippen molar-refractivity contribution >= 4 is 23.6 Å². The molecule has 0 spiro atoms. The fraction of sp³-hybridized carbons (Fsp3) is 0.471. The first-order valence-electron chi connectivity index (χ1n) is 15.9. The Morgan fingerprint density at radius 2 is 0.909 bits per heavy atom. The van der Waals surface area contributed by atoms with E-state index in [9.17, 15) is 9.59 Å². The first-order valence-corrected chi connectivity index (χ1v) is 15.9. The quantitative estimate of drug-likeness (QED) is 0.190. The fourth-order valence-corrected chi connectivity index (χ4v) is 6.54. The van der Waals surface area contributed by atoms with Gasteiger partial charge in [-0.1, -0.05) is 51.4 Å². The van der Waals surface area contributed by atoms with Crippen LogP contribution in [0.15, 0.2) is 61.2 Å². The van der Waals surface area contributed by atoms with Crippen molar-refractivity contribution in [3.8, 4) is 23.0 Å². The molecule has 0 fully saturated rings. The topological polar surface area (TPSA) is 84.0 Å².